The third-order valence-corrected chi connectivity index (χ3v) is 3.15. The van der Waals surface area contributed by atoms with E-state index in [0.717, 1.165) is 11.3 Å². The summed E-state index contributed by atoms with van der Waals surface area (Å²) in [5.74, 6) is -1.21. The SMILES string of the molecule is CC1=CC(c2ccc(C#N)cc2)C(C(=O)O)=C(C)N1. The highest BCUT2D eigenvalue weighted by molar-refractivity contribution is 5.90. The molecule has 1 aliphatic rings. The van der Waals surface area contributed by atoms with Crippen LogP contribution in [0.15, 0.2) is 47.3 Å². The van der Waals surface area contributed by atoms with E-state index in [2.05, 4.69) is 11.4 Å². The highest BCUT2D eigenvalue weighted by Gasteiger charge is 2.26. The van der Waals surface area contributed by atoms with Crippen molar-refractivity contribution in [2.24, 2.45) is 0 Å². The molecule has 19 heavy (non-hydrogen) atoms. The molecular weight excluding hydrogens is 240 g/mol. The standard InChI is InChI=1S/C15H14N2O2/c1-9-7-13(14(15(18)19)10(2)17-9)12-5-3-11(8-16)4-6-12/h3-7,13,17H,1-2H3,(H,18,19). The summed E-state index contributed by atoms with van der Waals surface area (Å²) in [5, 5.41) is 21.2. The molecule has 1 atom stereocenters. The lowest BCUT2D eigenvalue weighted by atomic mass is 9.86. The maximum absolute atomic E-state index is 11.4. The minimum absolute atomic E-state index is 0.286. The van der Waals surface area contributed by atoms with E-state index in [4.69, 9.17) is 5.26 Å². The van der Waals surface area contributed by atoms with E-state index >= 15 is 0 Å². The van der Waals surface area contributed by atoms with Gasteiger partial charge in [-0.15, -0.1) is 0 Å². The third-order valence-electron chi connectivity index (χ3n) is 3.15. The first-order chi connectivity index (χ1) is 9.02. The van der Waals surface area contributed by atoms with Gasteiger partial charge in [0.05, 0.1) is 17.2 Å². The zero-order valence-electron chi connectivity index (χ0n) is 10.8. The Labute approximate surface area is 111 Å². The number of carboxylic acid groups (broad SMARTS) is 1. The summed E-state index contributed by atoms with van der Waals surface area (Å²) in [6, 6.07) is 9.06. The molecule has 2 N–H and O–H groups in total. The Kier molecular flexibility index (Phi) is 3.39. The number of rotatable bonds is 2. The molecule has 4 heteroatoms. The van der Waals surface area contributed by atoms with Crippen LogP contribution in [0, 0.1) is 11.3 Å². The smallest absolute Gasteiger partial charge is 0.334 e. The minimum atomic E-state index is -0.928. The van der Waals surface area contributed by atoms with E-state index in [1.54, 1.807) is 31.2 Å². The molecular formula is C15H14N2O2. The van der Waals surface area contributed by atoms with E-state index in [1.807, 2.05) is 13.0 Å². The summed E-state index contributed by atoms with van der Waals surface area (Å²) < 4.78 is 0. The summed E-state index contributed by atoms with van der Waals surface area (Å²) in [6.45, 7) is 3.66. The predicted molar refractivity (Wildman–Crippen MR) is 71.1 cm³/mol. The van der Waals surface area contributed by atoms with Crippen molar-refractivity contribution in [3.63, 3.8) is 0 Å². The molecule has 0 fully saturated rings. The normalized spacial score (nSPS) is 18.4. The highest BCUT2D eigenvalue weighted by atomic mass is 16.4. The number of hydrogen-bond acceptors (Lipinski definition) is 3. The van der Waals surface area contributed by atoms with Gasteiger partial charge in [-0.2, -0.15) is 5.26 Å². The summed E-state index contributed by atoms with van der Waals surface area (Å²) in [6.07, 6.45) is 1.89. The number of benzene rings is 1. The molecule has 1 heterocycles. The number of dihydropyridines is 1. The Balaban J connectivity index is 2.47. The van der Waals surface area contributed by atoms with Crippen LogP contribution in [0.1, 0.15) is 30.9 Å². The second-order valence-electron chi connectivity index (χ2n) is 4.53. The number of nitriles is 1. The van der Waals surface area contributed by atoms with Gasteiger partial charge in [0.1, 0.15) is 0 Å². The first-order valence-electron chi connectivity index (χ1n) is 5.92. The molecule has 1 aromatic rings. The molecule has 0 radical (unpaired) electrons. The molecule has 0 saturated carbocycles. The van der Waals surface area contributed by atoms with E-state index in [9.17, 15) is 9.90 Å². The molecule has 1 unspecified atom stereocenters. The van der Waals surface area contributed by atoms with Gasteiger partial charge in [0.25, 0.3) is 0 Å². The molecule has 0 aliphatic carbocycles. The van der Waals surface area contributed by atoms with Crippen molar-refractivity contribution in [2.75, 3.05) is 0 Å². The first kappa shape index (κ1) is 12.9. The van der Waals surface area contributed by atoms with E-state index in [0.29, 0.717) is 16.8 Å². The van der Waals surface area contributed by atoms with Crippen molar-refractivity contribution in [1.29, 1.82) is 5.26 Å². The Bertz CT molecular complexity index is 619. The zero-order valence-corrected chi connectivity index (χ0v) is 10.8. The maximum Gasteiger partial charge on any atom is 0.334 e. The number of carbonyl (C=O) groups is 1. The fraction of sp³-hybridized carbons (Fsp3) is 0.200. The van der Waals surface area contributed by atoms with Crippen LogP contribution < -0.4 is 5.32 Å². The molecule has 2 rings (SSSR count). The van der Waals surface area contributed by atoms with Crippen molar-refractivity contribution >= 4 is 5.97 Å². The number of aliphatic carboxylic acids is 1. The fourth-order valence-electron chi connectivity index (χ4n) is 2.29. The second kappa shape index (κ2) is 4.99. The van der Waals surface area contributed by atoms with Crippen molar-refractivity contribution < 1.29 is 9.90 Å². The van der Waals surface area contributed by atoms with Gasteiger partial charge >= 0.3 is 5.97 Å². The molecule has 1 aromatic carbocycles. The number of allylic oxidation sites excluding steroid dienone is 3. The number of carboxylic acids is 1. The molecule has 0 spiro atoms. The Morgan fingerprint density at radius 3 is 2.47 bits per heavy atom. The summed E-state index contributed by atoms with van der Waals surface area (Å²) in [7, 11) is 0. The summed E-state index contributed by atoms with van der Waals surface area (Å²) in [4.78, 5) is 11.4. The van der Waals surface area contributed by atoms with Crippen molar-refractivity contribution in [3.05, 3.63) is 58.4 Å². The van der Waals surface area contributed by atoms with Gasteiger partial charge in [-0.1, -0.05) is 18.2 Å². The summed E-state index contributed by atoms with van der Waals surface area (Å²) in [5.41, 5.74) is 3.36. The summed E-state index contributed by atoms with van der Waals surface area (Å²) >= 11 is 0. The highest BCUT2D eigenvalue weighted by Crippen LogP contribution is 2.32. The lowest BCUT2D eigenvalue weighted by Gasteiger charge is -2.24. The van der Waals surface area contributed by atoms with Crippen LogP contribution in [0.25, 0.3) is 0 Å². The molecule has 1 aliphatic heterocycles. The van der Waals surface area contributed by atoms with Crippen molar-refractivity contribution in [3.8, 4) is 6.07 Å². The van der Waals surface area contributed by atoms with E-state index in [-0.39, 0.29) is 5.92 Å². The van der Waals surface area contributed by atoms with Crippen LogP contribution in [0.5, 0.6) is 0 Å². The Morgan fingerprint density at radius 2 is 1.95 bits per heavy atom. The second-order valence-corrected chi connectivity index (χ2v) is 4.53. The van der Waals surface area contributed by atoms with Crippen LogP contribution in [-0.4, -0.2) is 11.1 Å². The molecule has 4 nitrogen and oxygen atoms in total. The van der Waals surface area contributed by atoms with Crippen LogP contribution in [-0.2, 0) is 4.79 Å². The van der Waals surface area contributed by atoms with Crippen molar-refractivity contribution in [2.45, 2.75) is 19.8 Å². The topological polar surface area (TPSA) is 73.1 Å². The van der Waals surface area contributed by atoms with E-state index < -0.39 is 5.97 Å². The third kappa shape index (κ3) is 2.50. The number of nitrogens with zero attached hydrogens (tertiary/aromatic N) is 1. The van der Waals surface area contributed by atoms with Crippen LogP contribution in [0.4, 0.5) is 0 Å². The molecule has 0 aromatic heterocycles. The number of hydrogen-bond donors (Lipinski definition) is 2. The number of nitrogens with one attached hydrogen (secondary N) is 1. The van der Waals surface area contributed by atoms with Gasteiger partial charge in [-0.25, -0.2) is 4.79 Å². The minimum Gasteiger partial charge on any atom is -0.478 e. The van der Waals surface area contributed by atoms with Crippen molar-refractivity contribution in [1.82, 2.24) is 5.32 Å². The predicted octanol–water partition coefficient (Wildman–Crippen LogP) is 2.51. The van der Waals surface area contributed by atoms with Gasteiger partial charge in [0.15, 0.2) is 0 Å². The average molecular weight is 254 g/mol. The maximum atomic E-state index is 11.4. The first-order valence-corrected chi connectivity index (χ1v) is 5.92. The van der Waals surface area contributed by atoms with Gasteiger partial charge in [0.2, 0.25) is 0 Å². The molecule has 0 bridgehead atoms. The lowest BCUT2D eigenvalue weighted by molar-refractivity contribution is -0.133. The molecule has 96 valence electrons. The quantitative estimate of drug-likeness (QED) is 0.850. The van der Waals surface area contributed by atoms with Gasteiger partial charge in [0, 0.05) is 17.3 Å². The van der Waals surface area contributed by atoms with Gasteiger partial charge in [-0.05, 0) is 31.5 Å². The van der Waals surface area contributed by atoms with Crippen LogP contribution >= 0.6 is 0 Å². The molecule has 0 amide bonds. The lowest BCUT2D eigenvalue weighted by Crippen LogP contribution is -2.24. The Morgan fingerprint density at radius 1 is 1.32 bits per heavy atom. The van der Waals surface area contributed by atoms with Gasteiger partial charge < -0.3 is 10.4 Å². The largest absolute Gasteiger partial charge is 0.478 e. The fourth-order valence-corrected chi connectivity index (χ4v) is 2.29. The zero-order chi connectivity index (χ0) is 14.0. The van der Waals surface area contributed by atoms with Gasteiger partial charge in [-0.3, -0.25) is 0 Å². The van der Waals surface area contributed by atoms with Crippen LogP contribution in [0.2, 0.25) is 0 Å². The van der Waals surface area contributed by atoms with Crippen LogP contribution in [0.3, 0.4) is 0 Å². The molecule has 0 saturated heterocycles. The average Bonchev–Trinajstić information content (AvgIpc) is 2.37. The Hall–Kier alpha value is -2.54. The van der Waals surface area contributed by atoms with E-state index in [1.165, 1.54) is 0 Å². The monoisotopic (exact) mass is 254 g/mol.